The molecule has 2 heterocycles. The van der Waals surface area contributed by atoms with E-state index >= 15 is 0 Å². The molecule has 0 saturated carbocycles. The molecule has 3 heteroatoms. The molecule has 15 heavy (non-hydrogen) atoms. The van der Waals surface area contributed by atoms with Crippen LogP contribution in [0.15, 0.2) is 0 Å². The van der Waals surface area contributed by atoms with Crippen molar-refractivity contribution in [3.8, 4) is 0 Å². The van der Waals surface area contributed by atoms with E-state index in [1.54, 1.807) is 0 Å². The van der Waals surface area contributed by atoms with Crippen LogP contribution in [0.25, 0.3) is 0 Å². The van der Waals surface area contributed by atoms with Crippen LogP contribution in [0.3, 0.4) is 0 Å². The van der Waals surface area contributed by atoms with Gasteiger partial charge >= 0.3 is 0 Å². The number of nitrogens with one attached hydrogen (secondary N) is 1. The molecular formula is C12H24N2S. The second kappa shape index (κ2) is 5.07. The molecule has 0 spiro atoms. The van der Waals surface area contributed by atoms with Crippen LogP contribution in [0.4, 0.5) is 0 Å². The molecule has 2 saturated heterocycles. The highest BCUT2D eigenvalue weighted by Crippen LogP contribution is 2.28. The molecule has 0 aromatic rings. The summed E-state index contributed by atoms with van der Waals surface area (Å²) in [4.78, 5) is 2.69. The molecule has 0 aliphatic carbocycles. The van der Waals surface area contributed by atoms with Crippen molar-refractivity contribution in [3.05, 3.63) is 0 Å². The zero-order chi connectivity index (χ0) is 10.7. The van der Waals surface area contributed by atoms with Gasteiger partial charge in [-0.25, -0.2) is 0 Å². The lowest BCUT2D eigenvalue weighted by atomic mass is 9.89. The van der Waals surface area contributed by atoms with Gasteiger partial charge in [0, 0.05) is 37.2 Å². The summed E-state index contributed by atoms with van der Waals surface area (Å²) in [7, 11) is 0. The van der Waals surface area contributed by atoms with Crippen LogP contribution in [0.2, 0.25) is 0 Å². The minimum absolute atomic E-state index is 0.542. The summed E-state index contributed by atoms with van der Waals surface area (Å²) in [5.41, 5.74) is 0.542. The Balaban J connectivity index is 1.83. The Hall–Kier alpha value is 0.270. The normalized spacial score (nSPS) is 38.4. The molecule has 2 atom stereocenters. The lowest BCUT2D eigenvalue weighted by molar-refractivity contribution is 0.181. The third kappa shape index (κ3) is 3.11. The van der Waals surface area contributed by atoms with Crippen molar-refractivity contribution in [2.24, 2.45) is 5.41 Å². The fourth-order valence-electron chi connectivity index (χ4n) is 2.71. The van der Waals surface area contributed by atoms with Crippen LogP contribution < -0.4 is 5.32 Å². The van der Waals surface area contributed by atoms with Crippen molar-refractivity contribution >= 4 is 11.8 Å². The highest BCUT2D eigenvalue weighted by Gasteiger charge is 2.32. The predicted octanol–water partition coefficient (Wildman–Crippen LogP) is 1.81. The molecule has 2 unspecified atom stereocenters. The Morgan fingerprint density at radius 1 is 1.53 bits per heavy atom. The van der Waals surface area contributed by atoms with E-state index in [-0.39, 0.29) is 0 Å². The van der Waals surface area contributed by atoms with Crippen LogP contribution in [0.5, 0.6) is 0 Å². The van der Waals surface area contributed by atoms with E-state index in [0.717, 1.165) is 5.25 Å². The molecule has 2 rings (SSSR count). The summed E-state index contributed by atoms with van der Waals surface area (Å²) < 4.78 is 0. The quantitative estimate of drug-likeness (QED) is 0.793. The molecule has 0 amide bonds. The Morgan fingerprint density at radius 2 is 2.40 bits per heavy atom. The molecule has 0 aromatic heterocycles. The van der Waals surface area contributed by atoms with Gasteiger partial charge in [-0.3, -0.25) is 0 Å². The SMILES string of the molecule is CCC1CN(CC2(C)CCNC2)CCS1. The van der Waals surface area contributed by atoms with Gasteiger partial charge in [0.1, 0.15) is 0 Å². The molecule has 2 aliphatic heterocycles. The Labute approximate surface area is 98.2 Å². The first-order chi connectivity index (χ1) is 7.22. The predicted molar refractivity (Wildman–Crippen MR) is 68.6 cm³/mol. The molecule has 88 valence electrons. The third-order valence-corrected chi connectivity index (χ3v) is 5.11. The number of nitrogens with zero attached hydrogens (tertiary/aromatic N) is 1. The molecule has 2 fully saturated rings. The molecule has 2 nitrogen and oxygen atoms in total. The van der Waals surface area contributed by atoms with E-state index in [9.17, 15) is 0 Å². The molecule has 1 N–H and O–H groups in total. The summed E-state index contributed by atoms with van der Waals surface area (Å²) in [6.07, 6.45) is 2.68. The van der Waals surface area contributed by atoms with Gasteiger partial charge in [-0.1, -0.05) is 13.8 Å². The van der Waals surface area contributed by atoms with Crippen molar-refractivity contribution in [2.45, 2.75) is 31.9 Å². The van der Waals surface area contributed by atoms with E-state index in [1.165, 1.54) is 51.3 Å². The van der Waals surface area contributed by atoms with E-state index in [2.05, 4.69) is 35.8 Å². The summed E-state index contributed by atoms with van der Waals surface area (Å²) in [5.74, 6) is 1.34. The summed E-state index contributed by atoms with van der Waals surface area (Å²) in [6.45, 7) is 11.1. The first-order valence-corrected chi connectivity index (χ1v) is 7.31. The van der Waals surface area contributed by atoms with Gasteiger partial charge in [0.15, 0.2) is 0 Å². The lowest BCUT2D eigenvalue weighted by Gasteiger charge is -2.37. The highest BCUT2D eigenvalue weighted by atomic mass is 32.2. The maximum absolute atomic E-state index is 3.50. The summed E-state index contributed by atoms with van der Waals surface area (Å²) in [5, 5.41) is 4.38. The fraction of sp³-hybridized carbons (Fsp3) is 1.00. The first-order valence-electron chi connectivity index (χ1n) is 6.26. The van der Waals surface area contributed by atoms with Crippen molar-refractivity contribution in [1.82, 2.24) is 10.2 Å². The average Bonchev–Trinajstić information content (AvgIpc) is 2.65. The maximum atomic E-state index is 3.50. The average molecular weight is 228 g/mol. The lowest BCUT2D eigenvalue weighted by Crippen LogP contribution is -2.44. The number of hydrogen-bond donors (Lipinski definition) is 1. The van der Waals surface area contributed by atoms with Gasteiger partial charge in [-0.2, -0.15) is 11.8 Å². The monoisotopic (exact) mass is 228 g/mol. The molecule has 0 bridgehead atoms. The van der Waals surface area contributed by atoms with E-state index in [4.69, 9.17) is 0 Å². The Bertz CT molecular complexity index is 202. The van der Waals surface area contributed by atoms with Gasteiger partial charge in [-0.05, 0) is 24.8 Å². The second-order valence-corrected chi connectivity index (χ2v) is 6.78. The zero-order valence-electron chi connectivity index (χ0n) is 10.1. The van der Waals surface area contributed by atoms with Crippen molar-refractivity contribution in [1.29, 1.82) is 0 Å². The number of hydrogen-bond acceptors (Lipinski definition) is 3. The van der Waals surface area contributed by atoms with Crippen LogP contribution in [-0.2, 0) is 0 Å². The molecular weight excluding hydrogens is 204 g/mol. The summed E-state index contributed by atoms with van der Waals surface area (Å²) >= 11 is 2.17. The fourth-order valence-corrected chi connectivity index (χ4v) is 3.96. The zero-order valence-corrected chi connectivity index (χ0v) is 10.9. The summed E-state index contributed by atoms with van der Waals surface area (Å²) in [6, 6.07) is 0. The van der Waals surface area contributed by atoms with E-state index < -0.39 is 0 Å². The van der Waals surface area contributed by atoms with Crippen LogP contribution in [-0.4, -0.2) is 48.6 Å². The second-order valence-electron chi connectivity index (χ2n) is 5.37. The first kappa shape index (κ1) is 11.7. The van der Waals surface area contributed by atoms with Gasteiger partial charge < -0.3 is 10.2 Å². The smallest absolute Gasteiger partial charge is 0.0172 e. The third-order valence-electron chi connectivity index (χ3n) is 3.74. The Kier molecular flexibility index (Phi) is 3.97. The van der Waals surface area contributed by atoms with Crippen molar-refractivity contribution in [2.75, 3.05) is 38.5 Å². The van der Waals surface area contributed by atoms with Crippen LogP contribution in [0.1, 0.15) is 26.7 Å². The Morgan fingerprint density at radius 3 is 3.07 bits per heavy atom. The van der Waals surface area contributed by atoms with Gasteiger partial charge in [0.05, 0.1) is 0 Å². The molecule has 0 aromatic carbocycles. The number of thioether (sulfide) groups is 1. The largest absolute Gasteiger partial charge is 0.316 e. The number of rotatable bonds is 3. The minimum atomic E-state index is 0.542. The van der Waals surface area contributed by atoms with Crippen molar-refractivity contribution in [3.63, 3.8) is 0 Å². The standard InChI is InChI=1S/C12H24N2S/c1-3-11-8-14(6-7-15-11)10-12(2)4-5-13-9-12/h11,13H,3-10H2,1-2H3. The minimum Gasteiger partial charge on any atom is -0.316 e. The van der Waals surface area contributed by atoms with Gasteiger partial charge in [0.25, 0.3) is 0 Å². The van der Waals surface area contributed by atoms with Crippen molar-refractivity contribution < 1.29 is 0 Å². The molecule has 0 radical (unpaired) electrons. The molecule has 2 aliphatic rings. The van der Waals surface area contributed by atoms with Crippen LogP contribution >= 0.6 is 11.8 Å². The van der Waals surface area contributed by atoms with Crippen LogP contribution in [0, 0.1) is 5.41 Å². The maximum Gasteiger partial charge on any atom is 0.0172 e. The van der Waals surface area contributed by atoms with Gasteiger partial charge in [0.2, 0.25) is 0 Å². The highest BCUT2D eigenvalue weighted by molar-refractivity contribution is 8.00. The van der Waals surface area contributed by atoms with E-state index in [0.29, 0.717) is 5.41 Å². The van der Waals surface area contributed by atoms with E-state index in [1.807, 2.05) is 0 Å². The van der Waals surface area contributed by atoms with Gasteiger partial charge in [-0.15, -0.1) is 0 Å². The topological polar surface area (TPSA) is 15.3 Å².